The van der Waals surface area contributed by atoms with E-state index in [1.807, 2.05) is 17.5 Å². The largest absolute Gasteiger partial charge is 0.449 e. The van der Waals surface area contributed by atoms with Gasteiger partial charge in [0.15, 0.2) is 6.10 Å². The molecule has 1 aromatic carbocycles. The Labute approximate surface area is 184 Å². The molecule has 1 aliphatic heterocycles. The predicted molar refractivity (Wildman–Crippen MR) is 115 cm³/mol. The van der Waals surface area contributed by atoms with Crippen molar-refractivity contribution in [2.45, 2.75) is 43.6 Å². The Kier molecular flexibility index (Phi) is 6.49. The summed E-state index contributed by atoms with van der Waals surface area (Å²) < 4.78 is 38.6. The second-order valence-electron chi connectivity index (χ2n) is 7.32. The Bertz CT molecular complexity index is 1130. The number of carbonyl (C=O) groups excluding carboxylic acids is 1. The molecule has 0 spiro atoms. The highest BCUT2D eigenvalue weighted by Crippen LogP contribution is 2.27. The molecule has 1 unspecified atom stereocenters. The van der Waals surface area contributed by atoms with Crippen LogP contribution in [-0.2, 0) is 14.8 Å². The van der Waals surface area contributed by atoms with Crippen LogP contribution in [0.3, 0.4) is 0 Å². The third-order valence-corrected chi connectivity index (χ3v) is 7.83. The van der Waals surface area contributed by atoms with Gasteiger partial charge >= 0.3 is 5.97 Å². The first kappa shape index (κ1) is 21.7. The van der Waals surface area contributed by atoms with Crippen molar-refractivity contribution in [2.75, 3.05) is 13.1 Å². The Morgan fingerprint density at radius 3 is 2.61 bits per heavy atom. The number of esters is 1. The lowest BCUT2D eigenvalue weighted by Gasteiger charge is -2.20. The van der Waals surface area contributed by atoms with Crippen molar-refractivity contribution >= 4 is 27.3 Å². The van der Waals surface area contributed by atoms with Gasteiger partial charge < -0.3 is 9.15 Å². The normalized spacial score (nSPS) is 16.5. The van der Waals surface area contributed by atoms with E-state index in [1.54, 1.807) is 13.0 Å². The van der Waals surface area contributed by atoms with Gasteiger partial charge in [-0.25, -0.2) is 13.2 Å². The quantitative estimate of drug-likeness (QED) is 0.505. The third-order valence-electron chi connectivity index (χ3n) is 5.08. The molecule has 3 aromatic rings. The molecule has 1 aliphatic rings. The number of rotatable bonds is 6. The zero-order valence-electron chi connectivity index (χ0n) is 17.1. The fraction of sp³-hybridized carbons (Fsp3) is 0.381. The summed E-state index contributed by atoms with van der Waals surface area (Å²) in [6.45, 7) is 2.62. The van der Waals surface area contributed by atoms with Gasteiger partial charge in [-0.15, -0.1) is 21.5 Å². The first-order valence-electron chi connectivity index (χ1n) is 10.1. The maximum Gasteiger partial charge on any atom is 0.338 e. The maximum atomic E-state index is 13.0. The van der Waals surface area contributed by atoms with Crippen molar-refractivity contribution < 1.29 is 22.4 Å². The van der Waals surface area contributed by atoms with E-state index < -0.39 is 22.1 Å². The fourth-order valence-electron chi connectivity index (χ4n) is 3.39. The summed E-state index contributed by atoms with van der Waals surface area (Å²) in [7, 11) is -3.66. The van der Waals surface area contributed by atoms with Crippen LogP contribution in [0.5, 0.6) is 0 Å². The topological polar surface area (TPSA) is 103 Å². The number of thiophene rings is 1. The number of sulfonamides is 1. The summed E-state index contributed by atoms with van der Waals surface area (Å²) in [5.74, 6) is -0.125. The smallest absolute Gasteiger partial charge is 0.338 e. The van der Waals surface area contributed by atoms with E-state index in [2.05, 4.69) is 10.2 Å². The molecule has 4 rings (SSSR count). The molecule has 3 heterocycles. The van der Waals surface area contributed by atoms with Crippen LogP contribution in [0.25, 0.3) is 10.8 Å². The molecule has 0 aliphatic carbocycles. The van der Waals surface area contributed by atoms with Crippen LogP contribution in [0.4, 0.5) is 0 Å². The van der Waals surface area contributed by atoms with Crippen LogP contribution in [0.1, 0.15) is 55.0 Å². The number of nitrogens with zero attached hydrogens (tertiary/aromatic N) is 3. The summed E-state index contributed by atoms with van der Waals surface area (Å²) in [5, 5.41) is 9.84. The Morgan fingerprint density at radius 1 is 1.13 bits per heavy atom. The van der Waals surface area contributed by atoms with Crippen LogP contribution < -0.4 is 0 Å². The monoisotopic (exact) mass is 461 g/mol. The minimum atomic E-state index is -3.66. The van der Waals surface area contributed by atoms with Crippen molar-refractivity contribution in [1.82, 2.24) is 14.5 Å². The lowest BCUT2D eigenvalue weighted by Crippen LogP contribution is -2.32. The molecule has 0 saturated carbocycles. The van der Waals surface area contributed by atoms with Gasteiger partial charge in [-0.3, -0.25) is 0 Å². The summed E-state index contributed by atoms with van der Waals surface area (Å²) in [5.41, 5.74) is 0.153. The van der Waals surface area contributed by atoms with Gasteiger partial charge in [0, 0.05) is 13.1 Å². The average molecular weight is 462 g/mol. The zero-order valence-corrected chi connectivity index (χ0v) is 18.7. The molecule has 0 bridgehead atoms. The molecule has 10 heteroatoms. The number of aromatic nitrogens is 2. The summed E-state index contributed by atoms with van der Waals surface area (Å²) in [4.78, 5) is 13.6. The van der Waals surface area contributed by atoms with E-state index in [0.29, 0.717) is 19.0 Å². The Morgan fingerprint density at radius 2 is 1.90 bits per heavy atom. The Balaban J connectivity index is 1.48. The molecule has 8 nitrogen and oxygen atoms in total. The van der Waals surface area contributed by atoms with Crippen LogP contribution in [0, 0.1) is 0 Å². The zero-order chi connectivity index (χ0) is 21.8. The standard InChI is InChI=1S/C21H23N3O5S2/c1-15(19-22-23-20(29-19)18-10-7-13-30-18)28-21(25)16-8-6-9-17(14-16)31(26,27)24-11-4-2-3-5-12-24/h6-10,13-15H,2-5,11-12H2,1H3. The number of hydrogen-bond acceptors (Lipinski definition) is 8. The highest BCUT2D eigenvalue weighted by atomic mass is 32.2. The fourth-order valence-corrected chi connectivity index (χ4v) is 5.60. The maximum absolute atomic E-state index is 13.0. The van der Waals surface area contributed by atoms with Crippen molar-refractivity contribution in [3.8, 4) is 10.8 Å². The third kappa shape index (κ3) is 4.86. The van der Waals surface area contributed by atoms with Crippen molar-refractivity contribution in [3.63, 3.8) is 0 Å². The number of benzene rings is 1. The first-order valence-corrected chi connectivity index (χ1v) is 12.5. The molecule has 0 radical (unpaired) electrons. The molecular formula is C21H23N3O5S2. The van der Waals surface area contributed by atoms with E-state index in [-0.39, 0.29) is 16.3 Å². The molecule has 31 heavy (non-hydrogen) atoms. The first-order chi connectivity index (χ1) is 14.9. The number of carbonyl (C=O) groups is 1. The molecule has 1 atom stereocenters. The highest BCUT2D eigenvalue weighted by molar-refractivity contribution is 7.89. The van der Waals surface area contributed by atoms with Crippen LogP contribution in [-0.4, -0.2) is 42.0 Å². The number of hydrogen-bond donors (Lipinski definition) is 0. The van der Waals surface area contributed by atoms with Gasteiger partial charge in [-0.05, 0) is 49.4 Å². The van der Waals surface area contributed by atoms with Gasteiger partial charge in [-0.2, -0.15) is 4.31 Å². The van der Waals surface area contributed by atoms with E-state index in [4.69, 9.17) is 9.15 Å². The predicted octanol–water partition coefficient (Wildman–Crippen LogP) is 4.28. The summed E-state index contributed by atoms with van der Waals surface area (Å²) in [6.07, 6.45) is 2.96. The molecule has 2 aromatic heterocycles. The lowest BCUT2D eigenvalue weighted by molar-refractivity contribution is 0.0279. The van der Waals surface area contributed by atoms with E-state index in [9.17, 15) is 13.2 Å². The number of ether oxygens (including phenoxy) is 1. The van der Waals surface area contributed by atoms with Crippen LogP contribution in [0.2, 0.25) is 0 Å². The molecule has 164 valence electrons. The van der Waals surface area contributed by atoms with Gasteiger partial charge in [0.1, 0.15) is 0 Å². The van der Waals surface area contributed by atoms with Crippen molar-refractivity contribution in [3.05, 3.63) is 53.2 Å². The Hall–Kier alpha value is -2.56. The molecular weight excluding hydrogens is 438 g/mol. The van der Waals surface area contributed by atoms with Crippen molar-refractivity contribution in [1.29, 1.82) is 0 Å². The van der Waals surface area contributed by atoms with Crippen LogP contribution in [0.15, 0.2) is 51.1 Å². The summed E-state index contributed by atoms with van der Waals surface area (Å²) >= 11 is 1.46. The second kappa shape index (κ2) is 9.29. The minimum Gasteiger partial charge on any atom is -0.449 e. The highest BCUT2D eigenvalue weighted by Gasteiger charge is 2.27. The van der Waals surface area contributed by atoms with E-state index in [1.165, 1.54) is 33.8 Å². The lowest BCUT2D eigenvalue weighted by atomic mass is 10.2. The molecule has 0 N–H and O–H groups in total. The van der Waals surface area contributed by atoms with E-state index >= 15 is 0 Å². The van der Waals surface area contributed by atoms with Gasteiger partial charge in [-0.1, -0.05) is 25.0 Å². The van der Waals surface area contributed by atoms with Crippen LogP contribution >= 0.6 is 11.3 Å². The van der Waals surface area contributed by atoms with Gasteiger partial charge in [0.25, 0.3) is 11.8 Å². The van der Waals surface area contributed by atoms with Gasteiger partial charge in [0.05, 0.1) is 15.3 Å². The molecule has 1 saturated heterocycles. The molecule has 0 amide bonds. The van der Waals surface area contributed by atoms with Crippen molar-refractivity contribution in [2.24, 2.45) is 0 Å². The molecule has 1 fully saturated rings. The average Bonchev–Trinajstić information content (AvgIpc) is 3.40. The van der Waals surface area contributed by atoms with E-state index in [0.717, 1.165) is 30.6 Å². The second-order valence-corrected chi connectivity index (χ2v) is 10.2. The van der Waals surface area contributed by atoms with Gasteiger partial charge in [0.2, 0.25) is 10.0 Å². The SMILES string of the molecule is CC(OC(=O)c1cccc(S(=O)(=O)N2CCCCCC2)c1)c1nnc(-c2cccs2)o1. The summed E-state index contributed by atoms with van der Waals surface area (Å²) in [6, 6.07) is 9.68. The minimum absolute atomic E-state index is 0.0919.